The van der Waals surface area contributed by atoms with Crippen LogP contribution < -0.4 is 0 Å². The van der Waals surface area contributed by atoms with Crippen molar-refractivity contribution < 1.29 is 9.63 Å². The fourth-order valence-electron chi connectivity index (χ4n) is 1.57. The molecule has 1 aromatic carbocycles. The Hall–Kier alpha value is -1.87. The van der Waals surface area contributed by atoms with Crippen LogP contribution in [-0.2, 0) is 9.63 Å². The van der Waals surface area contributed by atoms with E-state index in [1.165, 1.54) is 18.2 Å². The first-order valence-electron chi connectivity index (χ1n) is 5.42. The summed E-state index contributed by atoms with van der Waals surface area (Å²) in [4.78, 5) is 16.9. The molecule has 0 unspecified atom stereocenters. The quantitative estimate of drug-likeness (QED) is 0.443. The molecule has 1 amide bonds. The van der Waals surface area contributed by atoms with Crippen LogP contribution in [0.1, 0.15) is 18.5 Å². The summed E-state index contributed by atoms with van der Waals surface area (Å²) in [6, 6.07) is 9.33. The van der Waals surface area contributed by atoms with E-state index in [-0.39, 0.29) is 11.9 Å². The largest absolute Gasteiger partial charge is 0.273 e. The molecule has 0 spiro atoms. The van der Waals surface area contributed by atoms with Crippen molar-refractivity contribution >= 4 is 5.91 Å². The lowest BCUT2D eigenvalue weighted by atomic mass is 10.1. The molecule has 0 aromatic heterocycles. The Morgan fingerprint density at radius 2 is 2.06 bits per heavy atom. The molecule has 1 rings (SSSR count). The Morgan fingerprint density at radius 3 is 2.53 bits per heavy atom. The van der Waals surface area contributed by atoms with E-state index in [0.29, 0.717) is 0 Å². The van der Waals surface area contributed by atoms with Crippen LogP contribution >= 0.6 is 0 Å². The second-order valence-electron chi connectivity index (χ2n) is 3.44. The van der Waals surface area contributed by atoms with Gasteiger partial charge in [-0.3, -0.25) is 9.63 Å². The van der Waals surface area contributed by atoms with Crippen LogP contribution in [-0.4, -0.2) is 18.1 Å². The van der Waals surface area contributed by atoms with E-state index in [9.17, 15) is 4.79 Å². The summed E-state index contributed by atoms with van der Waals surface area (Å²) in [5, 5.41) is 1.29. The fraction of sp³-hybridized carbons (Fsp3) is 0.214. The van der Waals surface area contributed by atoms with Crippen molar-refractivity contribution in [2.75, 3.05) is 7.11 Å². The maximum atomic E-state index is 11.8. The van der Waals surface area contributed by atoms with Gasteiger partial charge < -0.3 is 0 Å². The summed E-state index contributed by atoms with van der Waals surface area (Å²) < 4.78 is 0. The van der Waals surface area contributed by atoms with Gasteiger partial charge in [0.2, 0.25) is 0 Å². The Balaban J connectivity index is 2.99. The van der Waals surface area contributed by atoms with Gasteiger partial charge in [0.1, 0.15) is 6.04 Å². The van der Waals surface area contributed by atoms with Crippen LogP contribution in [0.15, 0.2) is 55.1 Å². The number of hydrogen-bond donors (Lipinski definition) is 0. The van der Waals surface area contributed by atoms with Gasteiger partial charge in [0.25, 0.3) is 5.91 Å². The lowest BCUT2D eigenvalue weighted by Crippen LogP contribution is -2.31. The summed E-state index contributed by atoms with van der Waals surface area (Å²) >= 11 is 0. The fourth-order valence-corrected chi connectivity index (χ4v) is 1.57. The first-order chi connectivity index (χ1) is 8.24. The Kier molecular flexibility index (Phi) is 5.17. The van der Waals surface area contributed by atoms with Crippen molar-refractivity contribution in [2.45, 2.75) is 13.0 Å². The third kappa shape index (κ3) is 3.29. The molecule has 0 fully saturated rings. The summed E-state index contributed by atoms with van der Waals surface area (Å²) in [6.07, 6.45) is 4.82. The van der Waals surface area contributed by atoms with Crippen LogP contribution in [0, 0.1) is 0 Å². The lowest BCUT2D eigenvalue weighted by Gasteiger charge is -2.26. The van der Waals surface area contributed by atoms with Gasteiger partial charge in [0, 0.05) is 6.08 Å². The third-order valence-corrected chi connectivity index (χ3v) is 2.34. The smallest absolute Gasteiger partial charge is 0.270 e. The number of amides is 1. The third-order valence-electron chi connectivity index (χ3n) is 2.34. The van der Waals surface area contributed by atoms with Gasteiger partial charge in [-0.05, 0) is 12.5 Å². The number of carbonyl (C=O) groups excluding carboxylic acids is 1. The Labute approximate surface area is 102 Å². The average Bonchev–Trinajstić information content (AvgIpc) is 2.37. The van der Waals surface area contributed by atoms with Gasteiger partial charge >= 0.3 is 0 Å². The predicted octanol–water partition coefficient (Wildman–Crippen LogP) is 2.88. The van der Waals surface area contributed by atoms with E-state index < -0.39 is 0 Å². The molecule has 17 heavy (non-hydrogen) atoms. The molecule has 0 saturated carbocycles. The number of benzene rings is 1. The Morgan fingerprint density at radius 1 is 1.41 bits per heavy atom. The van der Waals surface area contributed by atoms with Crippen LogP contribution in [0.4, 0.5) is 0 Å². The van der Waals surface area contributed by atoms with Crippen LogP contribution in [0.5, 0.6) is 0 Å². The molecule has 0 saturated heterocycles. The topological polar surface area (TPSA) is 29.5 Å². The minimum Gasteiger partial charge on any atom is -0.273 e. The van der Waals surface area contributed by atoms with Gasteiger partial charge in [-0.25, -0.2) is 5.06 Å². The van der Waals surface area contributed by atoms with Gasteiger partial charge in [0.15, 0.2) is 0 Å². The highest BCUT2D eigenvalue weighted by Crippen LogP contribution is 2.21. The number of hydroxylamine groups is 2. The van der Waals surface area contributed by atoms with Crippen LogP contribution in [0.3, 0.4) is 0 Å². The van der Waals surface area contributed by atoms with Crippen LogP contribution in [0.2, 0.25) is 0 Å². The summed E-state index contributed by atoms with van der Waals surface area (Å²) in [5.74, 6) is -0.205. The van der Waals surface area contributed by atoms with Crippen molar-refractivity contribution in [2.24, 2.45) is 0 Å². The normalized spacial score (nSPS) is 12.4. The molecule has 3 heteroatoms. The van der Waals surface area contributed by atoms with E-state index in [1.807, 2.05) is 30.3 Å². The molecule has 0 aliphatic carbocycles. The monoisotopic (exact) mass is 231 g/mol. The summed E-state index contributed by atoms with van der Waals surface area (Å²) in [7, 11) is 1.47. The average molecular weight is 231 g/mol. The van der Waals surface area contributed by atoms with E-state index >= 15 is 0 Å². The summed E-state index contributed by atoms with van der Waals surface area (Å²) in [5.41, 5.74) is 0.960. The first-order valence-corrected chi connectivity index (χ1v) is 5.42. The van der Waals surface area contributed by atoms with Gasteiger partial charge in [-0.15, -0.1) is 6.58 Å². The zero-order valence-corrected chi connectivity index (χ0v) is 10.2. The molecule has 0 aliphatic heterocycles. The van der Waals surface area contributed by atoms with E-state index in [0.717, 1.165) is 5.56 Å². The predicted molar refractivity (Wildman–Crippen MR) is 68.0 cm³/mol. The highest BCUT2D eigenvalue weighted by Gasteiger charge is 2.20. The lowest BCUT2D eigenvalue weighted by molar-refractivity contribution is -0.178. The van der Waals surface area contributed by atoms with E-state index in [1.54, 1.807) is 19.1 Å². The molecule has 0 heterocycles. The number of carbonyl (C=O) groups is 1. The number of nitrogens with zero attached hydrogens (tertiary/aromatic N) is 1. The molecule has 90 valence electrons. The molecule has 0 aliphatic rings. The van der Waals surface area contributed by atoms with E-state index in [4.69, 9.17) is 4.84 Å². The second kappa shape index (κ2) is 6.66. The summed E-state index contributed by atoms with van der Waals surface area (Å²) in [6.45, 7) is 5.54. The minimum absolute atomic E-state index is 0.205. The van der Waals surface area contributed by atoms with E-state index in [2.05, 4.69) is 6.58 Å². The zero-order chi connectivity index (χ0) is 12.7. The van der Waals surface area contributed by atoms with Crippen molar-refractivity contribution in [3.05, 3.63) is 60.7 Å². The van der Waals surface area contributed by atoms with Gasteiger partial charge in [-0.2, -0.15) is 0 Å². The Bertz CT molecular complexity index is 398. The number of allylic oxidation sites excluding steroid dienone is 1. The number of hydrogen-bond acceptors (Lipinski definition) is 2. The van der Waals surface area contributed by atoms with Crippen LogP contribution in [0.25, 0.3) is 0 Å². The molecular weight excluding hydrogens is 214 g/mol. The van der Waals surface area contributed by atoms with Crippen molar-refractivity contribution in [3.8, 4) is 0 Å². The van der Waals surface area contributed by atoms with Crippen molar-refractivity contribution in [1.29, 1.82) is 0 Å². The first kappa shape index (κ1) is 13.2. The zero-order valence-electron chi connectivity index (χ0n) is 10.2. The molecule has 0 radical (unpaired) electrons. The number of rotatable bonds is 5. The molecular formula is C14H17NO2. The maximum Gasteiger partial charge on any atom is 0.270 e. The van der Waals surface area contributed by atoms with Crippen molar-refractivity contribution in [1.82, 2.24) is 5.06 Å². The highest BCUT2D eigenvalue weighted by atomic mass is 16.7. The molecule has 0 bridgehead atoms. The SMILES string of the molecule is C=C[C@@H](c1ccccc1)N(OC)C(=O)/C=C/C. The maximum absolute atomic E-state index is 11.8. The molecule has 0 N–H and O–H groups in total. The highest BCUT2D eigenvalue weighted by molar-refractivity contribution is 5.87. The standard InChI is InChI=1S/C14H17NO2/c1-4-9-14(16)15(17-3)13(5-2)12-10-7-6-8-11-12/h4-11,13H,2H2,1,3H3/b9-4+/t13-/m0/s1. The molecule has 3 nitrogen and oxygen atoms in total. The van der Waals surface area contributed by atoms with Gasteiger partial charge in [-0.1, -0.05) is 42.5 Å². The second-order valence-corrected chi connectivity index (χ2v) is 3.44. The van der Waals surface area contributed by atoms with Gasteiger partial charge in [0.05, 0.1) is 7.11 Å². The molecule has 1 atom stereocenters. The molecule has 1 aromatic rings. The van der Waals surface area contributed by atoms with Crippen molar-refractivity contribution in [3.63, 3.8) is 0 Å². The minimum atomic E-state index is -0.287.